The Kier molecular flexibility index (Phi) is 6.61. The van der Waals surface area contributed by atoms with E-state index < -0.39 is 0 Å². The van der Waals surface area contributed by atoms with Crippen LogP contribution in [-0.2, 0) is 11.2 Å². The van der Waals surface area contributed by atoms with Gasteiger partial charge in [-0.25, -0.2) is 0 Å². The van der Waals surface area contributed by atoms with Crippen molar-refractivity contribution in [3.8, 4) is 0 Å². The molecule has 1 heterocycles. The van der Waals surface area contributed by atoms with Gasteiger partial charge >= 0.3 is 0 Å². The van der Waals surface area contributed by atoms with Gasteiger partial charge in [0.25, 0.3) is 0 Å². The van der Waals surface area contributed by atoms with Crippen molar-refractivity contribution >= 4 is 30.3 Å². The number of hydrogen-bond acceptors (Lipinski definition) is 2. The summed E-state index contributed by atoms with van der Waals surface area (Å²) in [6.45, 7) is 2.58. The molecule has 0 radical (unpaired) electrons. The molecule has 0 saturated carbocycles. The minimum absolute atomic E-state index is 0. The summed E-state index contributed by atoms with van der Waals surface area (Å²) in [6.07, 6.45) is 2.51. The van der Waals surface area contributed by atoms with Gasteiger partial charge in [-0.1, -0.05) is 25.1 Å². The minimum atomic E-state index is -0.381. The Morgan fingerprint density at radius 2 is 2.15 bits per heavy atom. The zero-order valence-electron chi connectivity index (χ0n) is 11.8. The van der Waals surface area contributed by atoms with Gasteiger partial charge in [-0.3, -0.25) is 4.79 Å². The molecule has 0 aliphatic rings. The van der Waals surface area contributed by atoms with Crippen LogP contribution in [0.3, 0.4) is 0 Å². The van der Waals surface area contributed by atoms with Crippen LogP contribution < -0.4 is 11.1 Å². The predicted octanol–water partition coefficient (Wildman–Crippen LogP) is 2.07. The van der Waals surface area contributed by atoms with Crippen LogP contribution in [0.5, 0.6) is 0 Å². The maximum Gasteiger partial charge on any atom is 0.236 e. The third kappa shape index (κ3) is 4.28. The number of aromatic amines is 1. The molecule has 0 unspecified atom stereocenters. The largest absolute Gasteiger partial charge is 0.358 e. The van der Waals surface area contributed by atoms with Crippen LogP contribution in [0, 0.1) is 0 Å². The van der Waals surface area contributed by atoms with Gasteiger partial charge in [-0.05, 0) is 36.8 Å². The normalized spacial score (nSPS) is 11.9. The van der Waals surface area contributed by atoms with Crippen molar-refractivity contribution < 1.29 is 4.79 Å². The Morgan fingerprint density at radius 3 is 2.85 bits per heavy atom. The monoisotopic (exact) mass is 293 g/mol. The molecule has 0 saturated heterocycles. The molecule has 0 spiro atoms. The highest BCUT2D eigenvalue weighted by atomic mass is 32.1. The second kappa shape index (κ2) is 7.97. The number of aromatic nitrogens is 1. The summed E-state index contributed by atoms with van der Waals surface area (Å²) in [5, 5.41) is 4.09. The van der Waals surface area contributed by atoms with Crippen molar-refractivity contribution in [3.63, 3.8) is 0 Å². The molecule has 0 aliphatic carbocycles. The maximum absolute atomic E-state index is 11.5. The first-order valence-corrected chi connectivity index (χ1v) is 6.80. The molecule has 4 N–H and O–H groups in total. The number of nitrogens with two attached hydrogens (primary N) is 1. The van der Waals surface area contributed by atoms with Crippen molar-refractivity contribution in [1.82, 2.24) is 10.3 Å². The van der Waals surface area contributed by atoms with E-state index in [0.29, 0.717) is 13.0 Å². The molecule has 4 nitrogen and oxygen atoms in total. The number of fused-ring (bicyclic) bond motifs is 1. The number of H-pyrrole nitrogens is 1. The smallest absolute Gasteiger partial charge is 0.236 e. The Balaban J connectivity index is 0.00000200. The van der Waals surface area contributed by atoms with E-state index in [4.69, 9.17) is 5.73 Å². The number of nitrogens with one attached hydrogen (secondary N) is 2. The van der Waals surface area contributed by atoms with E-state index in [1.54, 1.807) is 0 Å². The first-order chi connectivity index (χ1) is 9.20. The van der Waals surface area contributed by atoms with Gasteiger partial charge in [0.2, 0.25) is 5.91 Å². The van der Waals surface area contributed by atoms with Crippen molar-refractivity contribution in [2.24, 2.45) is 5.73 Å². The van der Waals surface area contributed by atoms with Gasteiger partial charge in [-0.2, -0.15) is 13.5 Å². The van der Waals surface area contributed by atoms with E-state index in [1.165, 1.54) is 11.1 Å². The first kappa shape index (κ1) is 16.6. The van der Waals surface area contributed by atoms with E-state index >= 15 is 0 Å². The summed E-state index contributed by atoms with van der Waals surface area (Å²) in [4.78, 5) is 14.9. The molecule has 0 fully saturated rings. The number of amides is 1. The summed E-state index contributed by atoms with van der Waals surface area (Å²) < 4.78 is 0. The SMILES string of the molecule is CC[C@H](N)C(=O)NCCCc1cc2ccccc2[nH]1.S. The number of carbonyl (C=O) groups excluding carboxylic acids is 1. The molecule has 1 aromatic heterocycles. The van der Waals surface area contributed by atoms with Crippen molar-refractivity contribution in [3.05, 3.63) is 36.0 Å². The average Bonchev–Trinajstić information content (AvgIpc) is 2.85. The Morgan fingerprint density at radius 1 is 1.40 bits per heavy atom. The van der Waals surface area contributed by atoms with Crippen molar-refractivity contribution in [2.45, 2.75) is 32.2 Å². The highest BCUT2D eigenvalue weighted by Crippen LogP contribution is 2.15. The number of aryl methyl sites for hydroxylation is 1. The Labute approximate surface area is 126 Å². The van der Waals surface area contributed by atoms with Gasteiger partial charge in [-0.15, -0.1) is 0 Å². The molecule has 2 aromatic rings. The lowest BCUT2D eigenvalue weighted by molar-refractivity contribution is -0.122. The van der Waals surface area contributed by atoms with E-state index in [2.05, 4.69) is 28.5 Å². The molecule has 1 atom stereocenters. The highest BCUT2D eigenvalue weighted by Gasteiger charge is 2.09. The molecule has 2 rings (SSSR count). The first-order valence-electron chi connectivity index (χ1n) is 6.80. The highest BCUT2D eigenvalue weighted by molar-refractivity contribution is 7.59. The molecule has 110 valence electrons. The van der Waals surface area contributed by atoms with Gasteiger partial charge in [0.15, 0.2) is 0 Å². The molecule has 1 amide bonds. The quantitative estimate of drug-likeness (QED) is 0.714. The lowest BCUT2D eigenvalue weighted by Gasteiger charge is -2.09. The fourth-order valence-corrected chi connectivity index (χ4v) is 2.08. The van der Waals surface area contributed by atoms with Crippen LogP contribution in [-0.4, -0.2) is 23.5 Å². The summed E-state index contributed by atoms with van der Waals surface area (Å²) in [7, 11) is 0. The molecular weight excluding hydrogens is 270 g/mol. The summed E-state index contributed by atoms with van der Waals surface area (Å²) in [5.74, 6) is -0.0563. The van der Waals surface area contributed by atoms with E-state index in [9.17, 15) is 4.79 Å². The molecule has 5 heteroatoms. The predicted molar refractivity (Wildman–Crippen MR) is 88.3 cm³/mol. The topological polar surface area (TPSA) is 70.9 Å². The number of benzene rings is 1. The summed E-state index contributed by atoms with van der Waals surface area (Å²) in [5.41, 5.74) is 8.01. The Hall–Kier alpha value is -1.46. The fourth-order valence-electron chi connectivity index (χ4n) is 2.08. The van der Waals surface area contributed by atoms with Gasteiger partial charge in [0.05, 0.1) is 6.04 Å². The third-order valence-electron chi connectivity index (χ3n) is 3.28. The van der Waals surface area contributed by atoms with Crippen LogP contribution in [0.4, 0.5) is 0 Å². The standard InChI is InChI=1S/C15H21N3O.H2S/c1-2-13(16)15(19)17-9-5-7-12-10-11-6-3-4-8-14(11)18-12;/h3-4,6,8,10,13,18H,2,5,7,9,16H2,1H3,(H,17,19);1H2/t13-;/m0./s1. The van der Waals surface area contributed by atoms with E-state index in [0.717, 1.165) is 18.4 Å². The zero-order valence-corrected chi connectivity index (χ0v) is 12.8. The van der Waals surface area contributed by atoms with Crippen LogP contribution in [0.1, 0.15) is 25.5 Å². The third-order valence-corrected chi connectivity index (χ3v) is 3.28. The Bertz CT molecular complexity index is 520. The average molecular weight is 293 g/mol. The van der Waals surface area contributed by atoms with Crippen LogP contribution in [0.2, 0.25) is 0 Å². The second-order valence-corrected chi connectivity index (χ2v) is 4.79. The second-order valence-electron chi connectivity index (χ2n) is 4.79. The summed E-state index contributed by atoms with van der Waals surface area (Å²) >= 11 is 0. The van der Waals surface area contributed by atoms with E-state index in [-0.39, 0.29) is 25.4 Å². The number of rotatable bonds is 6. The fraction of sp³-hybridized carbons (Fsp3) is 0.400. The minimum Gasteiger partial charge on any atom is -0.358 e. The zero-order chi connectivity index (χ0) is 13.7. The van der Waals surface area contributed by atoms with Crippen LogP contribution in [0.15, 0.2) is 30.3 Å². The van der Waals surface area contributed by atoms with Crippen LogP contribution in [0.25, 0.3) is 10.9 Å². The van der Waals surface area contributed by atoms with Crippen molar-refractivity contribution in [2.75, 3.05) is 6.54 Å². The maximum atomic E-state index is 11.5. The number of hydrogen-bond donors (Lipinski definition) is 3. The van der Waals surface area contributed by atoms with Gasteiger partial charge < -0.3 is 16.0 Å². The van der Waals surface area contributed by atoms with Gasteiger partial charge in [0.1, 0.15) is 0 Å². The van der Waals surface area contributed by atoms with Crippen LogP contribution >= 0.6 is 13.5 Å². The molecule has 20 heavy (non-hydrogen) atoms. The molecule has 0 bridgehead atoms. The summed E-state index contributed by atoms with van der Waals surface area (Å²) in [6, 6.07) is 10.0. The van der Waals surface area contributed by atoms with Crippen molar-refractivity contribution in [1.29, 1.82) is 0 Å². The lowest BCUT2D eigenvalue weighted by atomic mass is 10.2. The molecular formula is C15H23N3OS. The molecule has 0 aliphatic heterocycles. The van der Waals surface area contributed by atoms with Gasteiger partial charge in [0, 0.05) is 17.8 Å². The number of carbonyl (C=O) groups is 1. The van der Waals surface area contributed by atoms with E-state index in [1.807, 2.05) is 19.1 Å². The number of para-hydroxylation sites is 1. The lowest BCUT2D eigenvalue weighted by Crippen LogP contribution is -2.40. The molecule has 1 aromatic carbocycles.